The largest absolute Gasteiger partial charge is 0.0839 e. The zero-order valence-electron chi connectivity index (χ0n) is 9.59. The molecule has 1 aliphatic carbocycles. The summed E-state index contributed by atoms with van der Waals surface area (Å²) in [4.78, 5) is 0. The standard InChI is InChI=1S/C15H18/c1-12-6-5-8-14(10-12)11-15-9-4-3-7-13(15)2/h4-6,8-10H,3,7,11H2,1-2H3. The van der Waals surface area contributed by atoms with Crippen LogP contribution in [0.15, 0.2) is 47.6 Å². The third-order valence-corrected chi connectivity index (χ3v) is 3.03. The SMILES string of the molecule is CC1=C(Cc2cccc(C)c2)C=CCC1. The van der Waals surface area contributed by atoms with Gasteiger partial charge in [-0.15, -0.1) is 0 Å². The number of benzene rings is 1. The van der Waals surface area contributed by atoms with E-state index in [0.29, 0.717) is 0 Å². The Morgan fingerprint density at radius 1 is 1.20 bits per heavy atom. The lowest BCUT2D eigenvalue weighted by atomic mass is 9.93. The molecule has 0 radical (unpaired) electrons. The molecular formula is C15H18. The Morgan fingerprint density at radius 2 is 2.07 bits per heavy atom. The lowest BCUT2D eigenvalue weighted by molar-refractivity contribution is 0.920. The molecule has 0 saturated carbocycles. The Kier molecular flexibility index (Phi) is 3.05. The second-order valence-electron chi connectivity index (χ2n) is 4.41. The number of aryl methyl sites for hydroxylation is 1. The molecule has 15 heavy (non-hydrogen) atoms. The summed E-state index contributed by atoms with van der Waals surface area (Å²) in [6.07, 6.45) is 8.12. The van der Waals surface area contributed by atoms with Crippen LogP contribution >= 0.6 is 0 Å². The summed E-state index contributed by atoms with van der Waals surface area (Å²) in [5.74, 6) is 0. The Morgan fingerprint density at radius 3 is 2.80 bits per heavy atom. The first-order chi connectivity index (χ1) is 7.25. The number of allylic oxidation sites excluding steroid dienone is 4. The highest BCUT2D eigenvalue weighted by Gasteiger charge is 2.04. The molecule has 1 aromatic rings. The first-order valence-electron chi connectivity index (χ1n) is 5.66. The summed E-state index contributed by atoms with van der Waals surface area (Å²) in [6.45, 7) is 4.41. The molecule has 78 valence electrons. The summed E-state index contributed by atoms with van der Waals surface area (Å²) >= 11 is 0. The minimum atomic E-state index is 1.09. The first-order valence-corrected chi connectivity index (χ1v) is 5.66. The minimum absolute atomic E-state index is 1.09. The lowest BCUT2D eigenvalue weighted by Crippen LogP contribution is -1.96. The lowest BCUT2D eigenvalue weighted by Gasteiger charge is -2.12. The van der Waals surface area contributed by atoms with Crippen LogP contribution in [0, 0.1) is 6.92 Å². The fourth-order valence-electron chi connectivity index (χ4n) is 2.08. The average Bonchev–Trinajstić information content (AvgIpc) is 2.22. The monoisotopic (exact) mass is 198 g/mol. The van der Waals surface area contributed by atoms with Crippen molar-refractivity contribution in [2.45, 2.75) is 33.1 Å². The van der Waals surface area contributed by atoms with Gasteiger partial charge in [-0.1, -0.05) is 47.6 Å². The van der Waals surface area contributed by atoms with Gasteiger partial charge in [-0.25, -0.2) is 0 Å². The van der Waals surface area contributed by atoms with Gasteiger partial charge < -0.3 is 0 Å². The summed E-state index contributed by atoms with van der Waals surface area (Å²) < 4.78 is 0. The van der Waals surface area contributed by atoms with Gasteiger partial charge in [0.2, 0.25) is 0 Å². The molecule has 0 unspecified atom stereocenters. The van der Waals surface area contributed by atoms with Crippen molar-refractivity contribution in [1.29, 1.82) is 0 Å². The van der Waals surface area contributed by atoms with Gasteiger partial charge >= 0.3 is 0 Å². The molecule has 0 nitrogen and oxygen atoms in total. The Hall–Kier alpha value is -1.30. The maximum Gasteiger partial charge on any atom is -0.00263 e. The molecule has 0 amide bonds. The van der Waals surface area contributed by atoms with Gasteiger partial charge in [0.25, 0.3) is 0 Å². The van der Waals surface area contributed by atoms with E-state index in [1.807, 2.05) is 0 Å². The highest BCUT2D eigenvalue weighted by Crippen LogP contribution is 2.22. The highest BCUT2D eigenvalue weighted by molar-refractivity contribution is 5.35. The van der Waals surface area contributed by atoms with Crippen molar-refractivity contribution < 1.29 is 0 Å². The summed E-state index contributed by atoms with van der Waals surface area (Å²) in [7, 11) is 0. The topological polar surface area (TPSA) is 0 Å². The highest BCUT2D eigenvalue weighted by atomic mass is 14.1. The predicted molar refractivity (Wildman–Crippen MR) is 66.0 cm³/mol. The molecule has 0 aliphatic heterocycles. The van der Waals surface area contributed by atoms with Crippen LogP contribution in [0.25, 0.3) is 0 Å². The smallest absolute Gasteiger partial charge is 0.00263 e. The van der Waals surface area contributed by atoms with E-state index in [1.54, 1.807) is 5.57 Å². The van der Waals surface area contributed by atoms with E-state index >= 15 is 0 Å². The Balaban J connectivity index is 2.18. The van der Waals surface area contributed by atoms with Crippen molar-refractivity contribution in [2.75, 3.05) is 0 Å². The van der Waals surface area contributed by atoms with Gasteiger partial charge in [-0.2, -0.15) is 0 Å². The third kappa shape index (κ3) is 2.59. The molecule has 0 fully saturated rings. The zero-order valence-corrected chi connectivity index (χ0v) is 9.59. The van der Waals surface area contributed by atoms with Crippen LogP contribution in [0.2, 0.25) is 0 Å². The van der Waals surface area contributed by atoms with E-state index in [4.69, 9.17) is 0 Å². The fourth-order valence-corrected chi connectivity index (χ4v) is 2.08. The van der Waals surface area contributed by atoms with Crippen molar-refractivity contribution in [3.63, 3.8) is 0 Å². The van der Waals surface area contributed by atoms with E-state index in [9.17, 15) is 0 Å². The number of hydrogen-bond donors (Lipinski definition) is 0. The van der Waals surface area contributed by atoms with E-state index < -0.39 is 0 Å². The van der Waals surface area contributed by atoms with Crippen LogP contribution in [0.3, 0.4) is 0 Å². The molecule has 0 heterocycles. The molecule has 0 saturated heterocycles. The van der Waals surface area contributed by atoms with Gasteiger partial charge in [-0.3, -0.25) is 0 Å². The predicted octanol–water partition coefficient (Wildman–Crippen LogP) is 4.20. The molecule has 0 aromatic heterocycles. The van der Waals surface area contributed by atoms with Crippen LogP contribution in [0.4, 0.5) is 0 Å². The summed E-state index contributed by atoms with van der Waals surface area (Å²) in [5.41, 5.74) is 5.84. The minimum Gasteiger partial charge on any atom is -0.0839 e. The van der Waals surface area contributed by atoms with Crippen LogP contribution in [-0.4, -0.2) is 0 Å². The molecule has 0 N–H and O–H groups in total. The molecule has 0 atom stereocenters. The molecule has 0 bridgehead atoms. The Bertz CT molecular complexity index is 408. The zero-order chi connectivity index (χ0) is 10.7. The van der Waals surface area contributed by atoms with Crippen LogP contribution < -0.4 is 0 Å². The van der Waals surface area contributed by atoms with Crippen molar-refractivity contribution in [1.82, 2.24) is 0 Å². The van der Waals surface area contributed by atoms with Crippen molar-refractivity contribution in [3.8, 4) is 0 Å². The molecular weight excluding hydrogens is 180 g/mol. The number of rotatable bonds is 2. The first kappa shape index (κ1) is 10.2. The van der Waals surface area contributed by atoms with E-state index in [0.717, 1.165) is 6.42 Å². The molecule has 0 spiro atoms. The van der Waals surface area contributed by atoms with E-state index in [2.05, 4.69) is 50.3 Å². The normalized spacial score (nSPS) is 15.9. The van der Waals surface area contributed by atoms with Crippen molar-refractivity contribution in [2.24, 2.45) is 0 Å². The second kappa shape index (κ2) is 4.48. The van der Waals surface area contributed by atoms with Crippen molar-refractivity contribution in [3.05, 3.63) is 58.7 Å². The molecule has 1 aliphatic rings. The third-order valence-electron chi connectivity index (χ3n) is 3.03. The second-order valence-corrected chi connectivity index (χ2v) is 4.41. The van der Waals surface area contributed by atoms with Crippen LogP contribution in [-0.2, 0) is 6.42 Å². The number of hydrogen-bond acceptors (Lipinski definition) is 0. The molecule has 1 aromatic carbocycles. The van der Waals surface area contributed by atoms with Gasteiger partial charge in [0.05, 0.1) is 0 Å². The van der Waals surface area contributed by atoms with Gasteiger partial charge in [0.15, 0.2) is 0 Å². The molecule has 2 rings (SSSR count). The van der Waals surface area contributed by atoms with Crippen LogP contribution in [0.5, 0.6) is 0 Å². The van der Waals surface area contributed by atoms with Gasteiger partial charge in [-0.05, 0) is 44.2 Å². The van der Waals surface area contributed by atoms with Crippen molar-refractivity contribution >= 4 is 0 Å². The summed E-state index contributed by atoms with van der Waals surface area (Å²) in [5, 5.41) is 0. The van der Waals surface area contributed by atoms with Crippen LogP contribution in [0.1, 0.15) is 30.9 Å². The maximum absolute atomic E-state index is 2.29. The molecule has 0 heteroatoms. The van der Waals surface area contributed by atoms with Gasteiger partial charge in [0, 0.05) is 0 Å². The van der Waals surface area contributed by atoms with E-state index in [1.165, 1.54) is 29.5 Å². The fraction of sp³-hybridized carbons (Fsp3) is 0.333. The summed E-state index contributed by atoms with van der Waals surface area (Å²) in [6, 6.07) is 8.80. The maximum atomic E-state index is 2.29. The van der Waals surface area contributed by atoms with E-state index in [-0.39, 0.29) is 0 Å². The van der Waals surface area contributed by atoms with Gasteiger partial charge in [0.1, 0.15) is 0 Å². The Labute approximate surface area is 92.3 Å². The quantitative estimate of drug-likeness (QED) is 0.668. The average molecular weight is 198 g/mol.